The molecule has 0 radical (unpaired) electrons. The van der Waals surface area contributed by atoms with Gasteiger partial charge in [-0.1, -0.05) is 6.07 Å². The van der Waals surface area contributed by atoms with Crippen molar-refractivity contribution in [1.29, 1.82) is 0 Å². The van der Waals surface area contributed by atoms with Crippen LogP contribution in [0.5, 0.6) is 5.75 Å². The van der Waals surface area contributed by atoms with Crippen molar-refractivity contribution in [2.24, 2.45) is 0 Å². The first kappa shape index (κ1) is 20.5. The third-order valence-electron chi connectivity index (χ3n) is 4.63. The van der Waals surface area contributed by atoms with Crippen molar-refractivity contribution >= 4 is 23.2 Å². The lowest BCUT2D eigenvalue weighted by Gasteiger charge is -2.36. The first-order valence-electron chi connectivity index (χ1n) is 8.94. The van der Waals surface area contributed by atoms with E-state index in [2.05, 4.69) is 5.32 Å². The highest BCUT2D eigenvalue weighted by atomic mass is 19.4. The zero-order valence-corrected chi connectivity index (χ0v) is 15.7. The molecule has 9 heteroatoms. The molecule has 1 aliphatic rings. The molecular weight excluding hydrogens is 387 g/mol. The molecule has 0 saturated carbocycles. The molecule has 2 aromatic rings. The number of carbonyl (C=O) groups excluding carboxylic acids is 2. The maximum Gasteiger partial charge on any atom is 0.471 e. The maximum absolute atomic E-state index is 12.5. The fourth-order valence-electron chi connectivity index (χ4n) is 3.07. The van der Waals surface area contributed by atoms with Crippen LogP contribution in [-0.4, -0.2) is 56.2 Å². The van der Waals surface area contributed by atoms with Gasteiger partial charge in [0.05, 0.1) is 7.11 Å². The lowest BCUT2D eigenvalue weighted by Crippen LogP contribution is -2.52. The number of ether oxygens (including phenoxy) is 1. The summed E-state index contributed by atoms with van der Waals surface area (Å²) in [6, 6.07) is 13.8. The molecule has 0 atom stereocenters. The molecule has 0 aromatic heterocycles. The molecule has 154 valence electrons. The van der Waals surface area contributed by atoms with Crippen LogP contribution in [0.3, 0.4) is 0 Å². The van der Waals surface area contributed by atoms with Gasteiger partial charge in [0.2, 0.25) is 0 Å². The van der Waals surface area contributed by atoms with Crippen LogP contribution in [0, 0.1) is 0 Å². The Balaban J connectivity index is 1.58. The second kappa shape index (κ2) is 8.42. The molecule has 0 spiro atoms. The third-order valence-corrected chi connectivity index (χ3v) is 4.63. The number of piperazine rings is 1. The summed E-state index contributed by atoms with van der Waals surface area (Å²) in [6.07, 6.45) is -4.84. The van der Waals surface area contributed by atoms with Crippen LogP contribution in [0.4, 0.5) is 24.5 Å². The Morgan fingerprint density at radius 1 is 1.00 bits per heavy atom. The number of benzene rings is 2. The van der Waals surface area contributed by atoms with Crippen LogP contribution in [0.15, 0.2) is 48.5 Å². The number of hydrogen-bond acceptors (Lipinski definition) is 4. The van der Waals surface area contributed by atoms with Gasteiger partial charge in [0.15, 0.2) is 0 Å². The normalized spacial score (nSPS) is 14.5. The van der Waals surface area contributed by atoms with E-state index in [1.807, 2.05) is 4.90 Å². The molecule has 0 bridgehead atoms. The van der Waals surface area contributed by atoms with Gasteiger partial charge in [0, 0.05) is 43.1 Å². The monoisotopic (exact) mass is 407 g/mol. The summed E-state index contributed by atoms with van der Waals surface area (Å²) < 4.78 is 42.7. The molecule has 1 heterocycles. The Bertz CT molecular complexity index is 877. The molecule has 0 unspecified atom stereocenters. The van der Waals surface area contributed by atoms with E-state index in [9.17, 15) is 22.8 Å². The summed E-state index contributed by atoms with van der Waals surface area (Å²) in [4.78, 5) is 26.4. The van der Waals surface area contributed by atoms with E-state index in [0.717, 1.165) is 10.6 Å². The number of nitrogens with zero attached hydrogens (tertiary/aromatic N) is 2. The second-order valence-corrected chi connectivity index (χ2v) is 6.51. The Morgan fingerprint density at radius 3 is 2.24 bits per heavy atom. The predicted molar refractivity (Wildman–Crippen MR) is 102 cm³/mol. The van der Waals surface area contributed by atoms with Crippen molar-refractivity contribution < 1.29 is 27.5 Å². The number of halogens is 3. The Kier molecular flexibility index (Phi) is 5.95. The number of carbonyl (C=O) groups is 2. The summed E-state index contributed by atoms with van der Waals surface area (Å²) in [5.74, 6) is -1.50. The van der Waals surface area contributed by atoms with Gasteiger partial charge in [-0.05, 0) is 42.5 Å². The smallest absolute Gasteiger partial charge is 0.471 e. The van der Waals surface area contributed by atoms with E-state index in [0.29, 0.717) is 30.1 Å². The average Bonchev–Trinajstić information content (AvgIpc) is 2.73. The number of rotatable bonds is 4. The van der Waals surface area contributed by atoms with Crippen molar-refractivity contribution in [2.75, 3.05) is 43.5 Å². The lowest BCUT2D eigenvalue weighted by atomic mass is 10.2. The molecule has 1 aliphatic heterocycles. The van der Waals surface area contributed by atoms with Crippen molar-refractivity contribution in [3.05, 3.63) is 54.1 Å². The summed E-state index contributed by atoms with van der Waals surface area (Å²) in [5.41, 5.74) is 1.86. The summed E-state index contributed by atoms with van der Waals surface area (Å²) >= 11 is 0. The van der Waals surface area contributed by atoms with Gasteiger partial charge in [-0.25, -0.2) is 0 Å². The van der Waals surface area contributed by atoms with E-state index < -0.39 is 12.1 Å². The largest absolute Gasteiger partial charge is 0.497 e. The van der Waals surface area contributed by atoms with Gasteiger partial charge in [-0.15, -0.1) is 0 Å². The standard InChI is InChI=1S/C20H20F3N3O3/c1-29-17-4-2-3-14(13-17)18(27)24-15-5-7-16(8-6-15)25-9-11-26(12-10-25)19(28)20(21,22)23/h2-8,13H,9-12H2,1H3,(H,24,27). The molecule has 1 fully saturated rings. The number of hydrogen-bond donors (Lipinski definition) is 1. The Labute approximate surface area is 165 Å². The molecule has 2 amide bonds. The van der Waals surface area contributed by atoms with Gasteiger partial charge in [-0.2, -0.15) is 13.2 Å². The fourth-order valence-corrected chi connectivity index (χ4v) is 3.07. The Morgan fingerprint density at radius 2 is 1.66 bits per heavy atom. The minimum Gasteiger partial charge on any atom is -0.497 e. The van der Waals surface area contributed by atoms with Crippen LogP contribution in [-0.2, 0) is 4.79 Å². The predicted octanol–water partition coefficient (Wildman–Crippen LogP) is 3.16. The zero-order valence-electron chi connectivity index (χ0n) is 15.7. The minimum absolute atomic E-state index is 0.00662. The molecule has 3 rings (SSSR count). The summed E-state index contributed by atoms with van der Waals surface area (Å²) in [5, 5.41) is 2.79. The maximum atomic E-state index is 12.5. The zero-order chi connectivity index (χ0) is 21.0. The second-order valence-electron chi connectivity index (χ2n) is 6.51. The van der Waals surface area contributed by atoms with Crippen LogP contribution < -0.4 is 15.0 Å². The molecule has 6 nitrogen and oxygen atoms in total. The molecule has 0 aliphatic carbocycles. The summed E-state index contributed by atoms with van der Waals surface area (Å²) in [7, 11) is 1.52. The molecule has 2 aromatic carbocycles. The number of nitrogens with one attached hydrogen (secondary N) is 1. The highest BCUT2D eigenvalue weighted by molar-refractivity contribution is 6.04. The Hall–Kier alpha value is -3.23. The summed E-state index contributed by atoms with van der Waals surface area (Å²) in [6.45, 7) is 0.619. The van der Waals surface area contributed by atoms with E-state index in [-0.39, 0.29) is 19.0 Å². The van der Waals surface area contributed by atoms with Crippen LogP contribution in [0.1, 0.15) is 10.4 Å². The first-order chi connectivity index (χ1) is 13.8. The lowest BCUT2D eigenvalue weighted by molar-refractivity contribution is -0.185. The highest BCUT2D eigenvalue weighted by Crippen LogP contribution is 2.23. The molecular formula is C20H20F3N3O3. The average molecular weight is 407 g/mol. The molecule has 1 saturated heterocycles. The van der Waals surface area contributed by atoms with Gasteiger partial charge in [0.25, 0.3) is 5.91 Å². The SMILES string of the molecule is COc1cccc(C(=O)Nc2ccc(N3CCN(C(=O)C(F)(F)F)CC3)cc2)c1. The van der Waals surface area contributed by atoms with Crippen LogP contribution in [0.25, 0.3) is 0 Å². The molecule has 29 heavy (non-hydrogen) atoms. The van der Waals surface area contributed by atoms with E-state index in [4.69, 9.17) is 4.74 Å². The van der Waals surface area contributed by atoms with Crippen LogP contribution >= 0.6 is 0 Å². The van der Waals surface area contributed by atoms with Crippen molar-refractivity contribution in [1.82, 2.24) is 4.90 Å². The van der Waals surface area contributed by atoms with Crippen molar-refractivity contribution in [3.8, 4) is 5.75 Å². The molecule has 1 N–H and O–H groups in total. The van der Waals surface area contributed by atoms with Gasteiger partial charge >= 0.3 is 12.1 Å². The number of anilines is 2. The quantitative estimate of drug-likeness (QED) is 0.846. The van der Waals surface area contributed by atoms with E-state index in [1.54, 1.807) is 48.5 Å². The van der Waals surface area contributed by atoms with Gasteiger partial charge < -0.3 is 19.9 Å². The highest BCUT2D eigenvalue weighted by Gasteiger charge is 2.43. The van der Waals surface area contributed by atoms with Gasteiger partial charge in [0.1, 0.15) is 5.75 Å². The topological polar surface area (TPSA) is 61.9 Å². The fraction of sp³-hybridized carbons (Fsp3) is 0.300. The van der Waals surface area contributed by atoms with Gasteiger partial charge in [-0.3, -0.25) is 9.59 Å². The minimum atomic E-state index is -4.84. The van der Waals surface area contributed by atoms with Crippen molar-refractivity contribution in [2.45, 2.75) is 6.18 Å². The van der Waals surface area contributed by atoms with Crippen LogP contribution in [0.2, 0.25) is 0 Å². The number of methoxy groups -OCH3 is 1. The number of alkyl halides is 3. The number of amides is 2. The van der Waals surface area contributed by atoms with E-state index in [1.165, 1.54) is 7.11 Å². The van der Waals surface area contributed by atoms with E-state index >= 15 is 0 Å². The first-order valence-corrected chi connectivity index (χ1v) is 8.94. The third kappa shape index (κ3) is 4.98. The van der Waals surface area contributed by atoms with Crippen molar-refractivity contribution in [3.63, 3.8) is 0 Å².